The number of hydrogen-bond donors (Lipinski definition) is 0. The van der Waals surface area contributed by atoms with Crippen molar-refractivity contribution in [2.24, 2.45) is 0 Å². The van der Waals surface area contributed by atoms with Crippen LogP contribution < -0.4 is 9.64 Å². The number of nitrogens with zero attached hydrogens (tertiary/aromatic N) is 7. The Morgan fingerprint density at radius 2 is 1.94 bits per heavy atom. The molecule has 3 aromatic heterocycles. The lowest BCUT2D eigenvalue weighted by atomic mass is 10.2. The molecule has 0 saturated heterocycles. The molecule has 0 N–H and O–H groups in total. The van der Waals surface area contributed by atoms with Crippen LogP contribution in [0.25, 0.3) is 18.0 Å². The van der Waals surface area contributed by atoms with E-state index in [4.69, 9.17) is 9.72 Å². The van der Waals surface area contributed by atoms with E-state index in [1.165, 1.54) is 0 Å². The van der Waals surface area contributed by atoms with Gasteiger partial charge in [-0.3, -0.25) is 4.57 Å². The van der Waals surface area contributed by atoms with Crippen LogP contribution in [0.3, 0.4) is 0 Å². The molecule has 8 nitrogen and oxygen atoms in total. The number of benzene rings is 1. The van der Waals surface area contributed by atoms with Gasteiger partial charge in [0.25, 0.3) is 0 Å². The van der Waals surface area contributed by atoms with Crippen molar-refractivity contribution in [3.8, 4) is 11.6 Å². The SMILES string of the molecule is COc1cc(/C=C/c2nc3n(n2)CCCN3c2ccccc2)cnc1-n1cnc(C)c1. The molecule has 0 saturated carbocycles. The Balaban J connectivity index is 1.41. The molecule has 1 aliphatic rings. The first-order valence-corrected chi connectivity index (χ1v) is 10.2. The summed E-state index contributed by atoms with van der Waals surface area (Å²) in [5, 5.41) is 4.67. The zero-order valence-electron chi connectivity index (χ0n) is 17.5. The highest BCUT2D eigenvalue weighted by Crippen LogP contribution is 2.28. The van der Waals surface area contributed by atoms with E-state index in [1.54, 1.807) is 19.6 Å². The molecule has 5 rings (SSSR count). The number of aromatic nitrogens is 6. The zero-order valence-corrected chi connectivity index (χ0v) is 17.5. The Labute approximate surface area is 180 Å². The van der Waals surface area contributed by atoms with Crippen molar-refractivity contribution < 1.29 is 4.74 Å². The van der Waals surface area contributed by atoms with E-state index in [0.29, 0.717) is 17.4 Å². The summed E-state index contributed by atoms with van der Waals surface area (Å²) in [5.41, 5.74) is 2.96. The van der Waals surface area contributed by atoms with Gasteiger partial charge >= 0.3 is 0 Å². The molecule has 156 valence electrons. The Bertz CT molecular complexity index is 1230. The van der Waals surface area contributed by atoms with Crippen LogP contribution in [0.2, 0.25) is 0 Å². The highest BCUT2D eigenvalue weighted by molar-refractivity contribution is 5.69. The molecule has 0 atom stereocenters. The average molecular weight is 413 g/mol. The molecule has 0 spiro atoms. The van der Waals surface area contributed by atoms with E-state index in [1.807, 2.05) is 58.8 Å². The normalized spacial score (nSPS) is 13.5. The number of rotatable bonds is 5. The Kier molecular flexibility index (Phi) is 4.95. The van der Waals surface area contributed by atoms with E-state index < -0.39 is 0 Å². The molecule has 0 aliphatic carbocycles. The lowest BCUT2D eigenvalue weighted by molar-refractivity contribution is 0.410. The topological polar surface area (TPSA) is 73.9 Å². The summed E-state index contributed by atoms with van der Waals surface area (Å²) in [4.78, 5) is 15.8. The highest BCUT2D eigenvalue weighted by Gasteiger charge is 2.21. The summed E-state index contributed by atoms with van der Waals surface area (Å²) < 4.78 is 9.37. The van der Waals surface area contributed by atoms with Crippen molar-refractivity contribution >= 4 is 23.8 Å². The van der Waals surface area contributed by atoms with Crippen LogP contribution in [0.1, 0.15) is 23.5 Å². The van der Waals surface area contributed by atoms with Crippen molar-refractivity contribution in [2.75, 3.05) is 18.6 Å². The van der Waals surface area contributed by atoms with Gasteiger partial charge in [-0.25, -0.2) is 14.6 Å². The molecule has 1 aromatic carbocycles. The van der Waals surface area contributed by atoms with Crippen molar-refractivity contribution in [3.05, 3.63) is 72.2 Å². The van der Waals surface area contributed by atoms with Crippen molar-refractivity contribution in [2.45, 2.75) is 19.9 Å². The van der Waals surface area contributed by atoms with Crippen molar-refractivity contribution in [3.63, 3.8) is 0 Å². The van der Waals surface area contributed by atoms with Gasteiger partial charge in [0.1, 0.15) is 6.33 Å². The second-order valence-electron chi connectivity index (χ2n) is 7.38. The van der Waals surface area contributed by atoms with Crippen LogP contribution in [0.4, 0.5) is 11.6 Å². The molecule has 4 aromatic rings. The van der Waals surface area contributed by atoms with E-state index in [2.05, 4.69) is 32.1 Å². The number of anilines is 2. The monoisotopic (exact) mass is 413 g/mol. The molecule has 0 bridgehead atoms. The Hall–Kier alpha value is -3.94. The molecule has 0 amide bonds. The standard InChI is InChI=1S/C23H23N7O/c1-17-15-28(16-25-17)22-20(31-2)13-18(14-24-22)9-10-21-26-23-29(11-6-12-30(23)27-21)19-7-4-3-5-8-19/h3-5,7-10,13-16H,6,11-12H2,1-2H3/b10-9+. The number of imidazole rings is 1. The quantitative estimate of drug-likeness (QED) is 0.494. The van der Waals surface area contributed by atoms with E-state index >= 15 is 0 Å². The number of ether oxygens (including phenoxy) is 1. The van der Waals surface area contributed by atoms with Crippen LogP contribution in [0.5, 0.6) is 5.75 Å². The summed E-state index contributed by atoms with van der Waals surface area (Å²) in [6.07, 6.45) is 10.3. The molecule has 0 fully saturated rings. The number of hydrogen-bond acceptors (Lipinski definition) is 6. The Morgan fingerprint density at radius 1 is 1.06 bits per heavy atom. The van der Waals surface area contributed by atoms with Gasteiger partial charge in [-0.05, 0) is 49.3 Å². The molecule has 8 heteroatoms. The second-order valence-corrected chi connectivity index (χ2v) is 7.38. The number of para-hydroxylation sites is 1. The maximum absolute atomic E-state index is 5.54. The molecule has 0 unspecified atom stereocenters. The first-order valence-electron chi connectivity index (χ1n) is 10.2. The first kappa shape index (κ1) is 19.0. The fourth-order valence-corrected chi connectivity index (χ4v) is 3.70. The van der Waals surface area contributed by atoms with Gasteiger partial charge < -0.3 is 9.64 Å². The largest absolute Gasteiger partial charge is 0.493 e. The fraction of sp³-hybridized carbons (Fsp3) is 0.217. The number of fused-ring (bicyclic) bond motifs is 1. The fourth-order valence-electron chi connectivity index (χ4n) is 3.70. The van der Waals surface area contributed by atoms with Crippen LogP contribution in [-0.2, 0) is 6.54 Å². The smallest absolute Gasteiger partial charge is 0.228 e. The number of aryl methyl sites for hydroxylation is 2. The third kappa shape index (κ3) is 3.79. The van der Waals surface area contributed by atoms with Crippen LogP contribution in [0, 0.1) is 6.92 Å². The van der Waals surface area contributed by atoms with Gasteiger partial charge in [0, 0.05) is 31.2 Å². The molecular formula is C23H23N7O. The summed E-state index contributed by atoms with van der Waals surface area (Å²) in [5.74, 6) is 2.92. The number of pyridine rings is 1. The molecule has 0 radical (unpaired) electrons. The predicted octanol–water partition coefficient (Wildman–Crippen LogP) is 3.89. The molecule has 31 heavy (non-hydrogen) atoms. The summed E-state index contributed by atoms with van der Waals surface area (Å²) in [7, 11) is 1.64. The average Bonchev–Trinajstić information content (AvgIpc) is 3.43. The summed E-state index contributed by atoms with van der Waals surface area (Å²) in [6, 6.07) is 12.2. The zero-order chi connectivity index (χ0) is 21.2. The lowest BCUT2D eigenvalue weighted by Crippen LogP contribution is -2.28. The van der Waals surface area contributed by atoms with Crippen molar-refractivity contribution in [1.29, 1.82) is 0 Å². The maximum Gasteiger partial charge on any atom is 0.228 e. The van der Waals surface area contributed by atoms with Gasteiger partial charge in [0.2, 0.25) is 5.95 Å². The third-order valence-electron chi connectivity index (χ3n) is 5.18. The lowest BCUT2D eigenvalue weighted by Gasteiger charge is -2.27. The molecule has 1 aliphatic heterocycles. The van der Waals surface area contributed by atoms with E-state index in [0.717, 1.165) is 42.4 Å². The summed E-state index contributed by atoms with van der Waals surface area (Å²) >= 11 is 0. The highest BCUT2D eigenvalue weighted by atomic mass is 16.5. The maximum atomic E-state index is 5.54. The second kappa shape index (κ2) is 8.06. The minimum Gasteiger partial charge on any atom is -0.493 e. The first-order chi connectivity index (χ1) is 15.2. The van der Waals surface area contributed by atoms with Gasteiger partial charge in [-0.2, -0.15) is 4.98 Å². The molecular weight excluding hydrogens is 390 g/mol. The van der Waals surface area contributed by atoms with Gasteiger partial charge in [0.15, 0.2) is 17.4 Å². The van der Waals surface area contributed by atoms with Crippen LogP contribution >= 0.6 is 0 Å². The van der Waals surface area contributed by atoms with Gasteiger partial charge in [-0.1, -0.05) is 18.2 Å². The minimum atomic E-state index is 0.672. The number of methoxy groups -OCH3 is 1. The predicted molar refractivity (Wildman–Crippen MR) is 120 cm³/mol. The van der Waals surface area contributed by atoms with E-state index in [9.17, 15) is 0 Å². The third-order valence-corrected chi connectivity index (χ3v) is 5.18. The van der Waals surface area contributed by atoms with E-state index in [-0.39, 0.29) is 0 Å². The van der Waals surface area contributed by atoms with Crippen molar-refractivity contribution in [1.82, 2.24) is 29.3 Å². The summed E-state index contributed by atoms with van der Waals surface area (Å²) in [6.45, 7) is 3.74. The van der Waals surface area contributed by atoms with Gasteiger partial charge in [-0.15, -0.1) is 5.10 Å². The Morgan fingerprint density at radius 3 is 2.71 bits per heavy atom. The van der Waals surface area contributed by atoms with Crippen LogP contribution in [0.15, 0.2) is 55.1 Å². The minimum absolute atomic E-state index is 0.672. The van der Waals surface area contributed by atoms with Gasteiger partial charge in [0.05, 0.1) is 12.8 Å². The molecule has 4 heterocycles. The van der Waals surface area contributed by atoms with Crippen LogP contribution in [-0.4, -0.2) is 43.0 Å².